The molecule has 1 saturated heterocycles. The molecular formula is C45H82O9. The fourth-order valence-corrected chi connectivity index (χ4v) is 6.56. The molecule has 6 unspecified atom stereocenters. The highest BCUT2D eigenvalue weighted by molar-refractivity contribution is 5.69. The van der Waals surface area contributed by atoms with E-state index >= 15 is 0 Å². The first-order valence-corrected chi connectivity index (χ1v) is 22.1. The normalized spacial score (nSPS) is 21.2. The number of hydrogen-bond donors (Lipinski definition) is 4. The van der Waals surface area contributed by atoms with Gasteiger partial charge < -0.3 is 39.4 Å². The Morgan fingerprint density at radius 1 is 0.593 bits per heavy atom. The number of aliphatic hydroxyl groups is 4. The molecule has 0 aliphatic carbocycles. The topological polar surface area (TPSA) is 135 Å². The second kappa shape index (κ2) is 37.0. The van der Waals surface area contributed by atoms with Crippen molar-refractivity contribution in [1.82, 2.24) is 0 Å². The Hall–Kier alpha value is -1.59. The van der Waals surface area contributed by atoms with E-state index in [0.717, 1.165) is 57.8 Å². The van der Waals surface area contributed by atoms with Gasteiger partial charge >= 0.3 is 5.97 Å². The third-order valence-corrected chi connectivity index (χ3v) is 10.1. The van der Waals surface area contributed by atoms with Crippen LogP contribution >= 0.6 is 0 Å². The van der Waals surface area contributed by atoms with Crippen molar-refractivity contribution in [3.63, 3.8) is 0 Å². The van der Waals surface area contributed by atoms with E-state index in [4.69, 9.17) is 18.9 Å². The van der Waals surface area contributed by atoms with Crippen LogP contribution in [0.25, 0.3) is 0 Å². The number of hydrogen-bond acceptors (Lipinski definition) is 9. The Morgan fingerprint density at radius 2 is 1.07 bits per heavy atom. The zero-order valence-corrected chi connectivity index (χ0v) is 34.5. The third kappa shape index (κ3) is 27.9. The minimum Gasteiger partial charge on any atom is -0.457 e. The lowest BCUT2D eigenvalue weighted by Gasteiger charge is -2.39. The van der Waals surface area contributed by atoms with Gasteiger partial charge in [-0.15, -0.1) is 0 Å². The Balaban J connectivity index is 2.09. The molecular weight excluding hydrogens is 684 g/mol. The Bertz CT molecular complexity index is 921. The van der Waals surface area contributed by atoms with Crippen molar-refractivity contribution in [2.24, 2.45) is 0 Å². The lowest BCUT2D eigenvalue weighted by atomic mass is 9.99. The first-order chi connectivity index (χ1) is 26.4. The van der Waals surface area contributed by atoms with Crippen LogP contribution in [-0.2, 0) is 23.7 Å². The van der Waals surface area contributed by atoms with Crippen LogP contribution in [0, 0.1) is 0 Å². The highest BCUT2D eigenvalue weighted by Gasteiger charge is 2.44. The van der Waals surface area contributed by atoms with Gasteiger partial charge in [0.15, 0.2) is 6.29 Å². The summed E-state index contributed by atoms with van der Waals surface area (Å²) in [5.74, 6) is -0.328. The number of carbonyl (C=O) groups is 1. The van der Waals surface area contributed by atoms with E-state index in [0.29, 0.717) is 13.0 Å². The largest absolute Gasteiger partial charge is 0.457 e. The van der Waals surface area contributed by atoms with E-state index in [2.05, 4.69) is 50.3 Å². The van der Waals surface area contributed by atoms with Crippen LogP contribution in [0.4, 0.5) is 0 Å². The maximum atomic E-state index is 12.5. The number of ether oxygens (including phenoxy) is 4. The molecule has 54 heavy (non-hydrogen) atoms. The summed E-state index contributed by atoms with van der Waals surface area (Å²) in [7, 11) is 0. The van der Waals surface area contributed by atoms with Crippen LogP contribution in [0.15, 0.2) is 36.5 Å². The summed E-state index contributed by atoms with van der Waals surface area (Å²) in [5.41, 5.74) is 0. The van der Waals surface area contributed by atoms with E-state index in [1.165, 1.54) is 103 Å². The van der Waals surface area contributed by atoms with Crippen LogP contribution in [0.3, 0.4) is 0 Å². The van der Waals surface area contributed by atoms with Crippen molar-refractivity contribution in [2.75, 3.05) is 26.4 Å². The van der Waals surface area contributed by atoms with E-state index in [1.807, 2.05) is 0 Å². The summed E-state index contributed by atoms with van der Waals surface area (Å²) >= 11 is 0. The summed E-state index contributed by atoms with van der Waals surface area (Å²) in [4.78, 5) is 12.5. The predicted molar refractivity (Wildman–Crippen MR) is 219 cm³/mol. The van der Waals surface area contributed by atoms with Crippen LogP contribution in [0.2, 0.25) is 0 Å². The average molecular weight is 767 g/mol. The Kier molecular flexibility index (Phi) is 34.6. The van der Waals surface area contributed by atoms with Gasteiger partial charge in [-0.2, -0.15) is 0 Å². The minimum atomic E-state index is -1.53. The smallest absolute Gasteiger partial charge is 0.306 e. The molecule has 1 heterocycles. The molecule has 0 spiro atoms. The van der Waals surface area contributed by atoms with E-state index < -0.39 is 43.4 Å². The van der Waals surface area contributed by atoms with E-state index in [1.54, 1.807) is 0 Å². The summed E-state index contributed by atoms with van der Waals surface area (Å²) < 4.78 is 22.6. The van der Waals surface area contributed by atoms with Gasteiger partial charge in [-0.1, -0.05) is 159 Å². The van der Waals surface area contributed by atoms with E-state index in [9.17, 15) is 25.2 Å². The van der Waals surface area contributed by atoms with Crippen molar-refractivity contribution in [3.05, 3.63) is 36.5 Å². The molecule has 1 fully saturated rings. The lowest BCUT2D eigenvalue weighted by molar-refractivity contribution is -0.305. The van der Waals surface area contributed by atoms with Gasteiger partial charge in [0, 0.05) is 13.0 Å². The molecule has 316 valence electrons. The number of rotatable bonds is 37. The second-order valence-electron chi connectivity index (χ2n) is 15.1. The van der Waals surface area contributed by atoms with Gasteiger partial charge in [0.05, 0.1) is 19.8 Å². The van der Waals surface area contributed by atoms with Crippen LogP contribution in [-0.4, -0.2) is 89.6 Å². The molecule has 0 amide bonds. The molecule has 0 radical (unpaired) electrons. The molecule has 1 rings (SSSR count). The summed E-state index contributed by atoms with van der Waals surface area (Å²) in [5, 5.41) is 39.8. The van der Waals surface area contributed by atoms with Gasteiger partial charge in [-0.25, -0.2) is 0 Å². The van der Waals surface area contributed by atoms with Gasteiger partial charge in [-0.05, 0) is 51.4 Å². The Morgan fingerprint density at radius 3 is 1.61 bits per heavy atom. The first-order valence-electron chi connectivity index (χ1n) is 22.1. The number of carbonyl (C=O) groups excluding carboxylic acids is 1. The van der Waals surface area contributed by atoms with Crippen LogP contribution < -0.4 is 0 Å². The second-order valence-corrected chi connectivity index (χ2v) is 15.1. The molecule has 1 aliphatic rings. The molecule has 1 aliphatic heterocycles. The summed E-state index contributed by atoms with van der Waals surface area (Å²) in [6.07, 6.45) is 36.6. The van der Waals surface area contributed by atoms with Crippen molar-refractivity contribution >= 4 is 5.97 Å². The fourth-order valence-electron chi connectivity index (χ4n) is 6.56. The van der Waals surface area contributed by atoms with Crippen molar-refractivity contribution in [3.8, 4) is 0 Å². The molecule has 0 aromatic rings. The maximum Gasteiger partial charge on any atom is 0.306 e. The monoisotopic (exact) mass is 767 g/mol. The zero-order chi connectivity index (χ0) is 39.3. The van der Waals surface area contributed by atoms with Crippen LogP contribution in [0.5, 0.6) is 0 Å². The third-order valence-electron chi connectivity index (χ3n) is 10.1. The van der Waals surface area contributed by atoms with Crippen molar-refractivity contribution in [1.29, 1.82) is 0 Å². The molecule has 0 bridgehead atoms. The van der Waals surface area contributed by atoms with Gasteiger partial charge in [0.25, 0.3) is 0 Å². The number of allylic oxidation sites excluding steroid dienone is 6. The SMILES string of the molecule is CCCCCCC/C=C\C/C=C\C/C=C\CCCCCCCCCCCCCOCC(COC1OC(CO)C(O)C(O)C1O)OC(=O)CCCCCCC. The molecule has 0 saturated carbocycles. The van der Waals surface area contributed by atoms with E-state index in [-0.39, 0.29) is 19.2 Å². The standard InChI is InChI=1S/C45H82O9/c1-3-5-7-9-10-11-12-13-14-15-16-17-18-19-20-21-22-23-24-25-26-27-28-29-31-33-35-51-37-39(53-41(47)34-32-30-8-6-4-2)38-52-45-44(50)43(49)42(48)40(36-46)54-45/h12-13,15-16,18-19,39-40,42-46,48-50H,3-11,14,17,20-38H2,1-2H3/b13-12-,16-15-,19-18-. The predicted octanol–water partition coefficient (Wildman–Crippen LogP) is 9.58. The highest BCUT2D eigenvalue weighted by atomic mass is 16.7. The van der Waals surface area contributed by atoms with Gasteiger partial charge in [0.1, 0.15) is 30.5 Å². The fraction of sp³-hybridized carbons (Fsp3) is 0.844. The van der Waals surface area contributed by atoms with Gasteiger partial charge in [0.2, 0.25) is 0 Å². The van der Waals surface area contributed by atoms with Crippen molar-refractivity contribution in [2.45, 2.75) is 218 Å². The molecule has 0 aromatic heterocycles. The molecule has 4 N–H and O–H groups in total. The molecule has 6 atom stereocenters. The maximum absolute atomic E-state index is 12.5. The zero-order valence-electron chi connectivity index (χ0n) is 34.5. The quantitative estimate of drug-likeness (QED) is 0.0277. The highest BCUT2D eigenvalue weighted by Crippen LogP contribution is 2.22. The number of esters is 1. The summed E-state index contributed by atoms with van der Waals surface area (Å²) in [6, 6.07) is 0. The molecule has 9 nitrogen and oxygen atoms in total. The molecule has 0 aromatic carbocycles. The van der Waals surface area contributed by atoms with Crippen LogP contribution in [0.1, 0.15) is 181 Å². The first kappa shape index (κ1) is 50.4. The minimum absolute atomic E-state index is 0.114. The Labute approximate surface area is 330 Å². The lowest BCUT2D eigenvalue weighted by Crippen LogP contribution is -2.59. The van der Waals surface area contributed by atoms with Gasteiger partial charge in [-0.3, -0.25) is 4.79 Å². The number of unbranched alkanes of at least 4 members (excludes halogenated alkanes) is 20. The summed E-state index contributed by atoms with van der Waals surface area (Å²) in [6.45, 7) is 4.45. The average Bonchev–Trinajstić information content (AvgIpc) is 3.17. The number of aliphatic hydroxyl groups excluding tert-OH is 4. The van der Waals surface area contributed by atoms with Crippen molar-refractivity contribution < 1.29 is 44.2 Å². The molecule has 9 heteroatoms.